The van der Waals surface area contributed by atoms with Crippen molar-refractivity contribution in [2.24, 2.45) is 10.9 Å². The fourth-order valence-electron chi connectivity index (χ4n) is 1.47. The molecular formula is C13H20N2O5. The van der Waals surface area contributed by atoms with Crippen molar-refractivity contribution in [3.63, 3.8) is 0 Å². The van der Waals surface area contributed by atoms with E-state index < -0.39 is 0 Å². The van der Waals surface area contributed by atoms with Crippen LogP contribution in [0.25, 0.3) is 0 Å². The monoisotopic (exact) mass is 284 g/mol. The lowest BCUT2D eigenvalue weighted by Crippen LogP contribution is -2.16. The topological polar surface area (TPSA) is 95.5 Å². The van der Waals surface area contributed by atoms with Gasteiger partial charge in [0.15, 0.2) is 5.84 Å². The zero-order valence-electron chi connectivity index (χ0n) is 11.7. The molecule has 0 fully saturated rings. The van der Waals surface area contributed by atoms with Crippen LogP contribution >= 0.6 is 0 Å². The largest absolute Gasteiger partial charge is 0.497 e. The van der Waals surface area contributed by atoms with E-state index in [4.69, 9.17) is 29.9 Å². The predicted molar refractivity (Wildman–Crippen MR) is 73.7 cm³/mol. The zero-order valence-corrected chi connectivity index (χ0v) is 11.7. The SMILES string of the molecule is COCCOCCOc1cc(OC)ccc1/C(N)=N/O. The maximum absolute atomic E-state index is 8.75. The molecule has 0 saturated heterocycles. The number of amidine groups is 1. The minimum absolute atomic E-state index is 0.0250. The smallest absolute Gasteiger partial charge is 0.173 e. The zero-order chi connectivity index (χ0) is 14.8. The fraction of sp³-hybridized carbons (Fsp3) is 0.462. The number of oxime groups is 1. The Balaban J connectivity index is 2.61. The molecule has 112 valence electrons. The normalized spacial score (nSPS) is 11.4. The summed E-state index contributed by atoms with van der Waals surface area (Å²) >= 11 is 0. The van der Waals surface area contributed by atoms with Gasteiger partial charge in [-0.3, -0.25) is 0 Å². The Morgan fingerprint density at radius 1 is 1.20 bits per heavy atom. The molecule has 0 spiro atoms. The van der Waals surface area contributed by atoms with Gasteiger partial charge in [0.2, 0.25) is 0 Å². The van der Waals surface area contributed by atoms with Crippen LogP contribution in [0, 0.1) is 0 Å². The molecule has 0 unspecified atom stereocenters. The average Bonchev–Trinajstić information content (AvgIpc) is 2.49. The fourth-order valence-corrected chi connectivity index (χ4v) is 1.47. The highest BCUT2D eigenvalue weighted by Gasteiger charge is 2.10. The number of benzene rings is 1. The van der Waals surface area contributed by atoms with Crippen LogP contribution in [0.1, 0.15) is 5.56 Å². The molecule has 0 aromatic heterocycles. The van der Waals surface area contributed by atoms with E-state index in [0.29, 0.717) is 43.5 Å². The lowest BCUT2D eigenvalue weighted by atomic mass is 10.2. The number of hydrogen-bond donors (Lipinski definition) is 2. The van der Waals surface area contributed by atoms with Crippen molar-refractivity contribution < 1.29 is 24.2 Å². The van der Waals surface area contributed by atoms with Crippen molar-refractivity contribution in [3.05, 3.63) is 23.8 Å². The molecule has 7 nitrogen and oxygen atoms in total. The molecule has 0 saturated carbocycles. The third kappa shape index (κ3) is 4.94. The van der Waals surface area contributed by atoms with Crippen molar-refractivity contribution in [2.75, 3.05) is 40.6 Å². The number of nitrogens with two attached hydrogens (primary N) is 1. The quantitative estimate of drug-likeness (QED) is 0.229. The lowest BCUT2D eigenvalue weighted by Gasteiger charge is -2.12. The van der Waals surface area contributed by atoms with Crippen LogP contribution in [0.15, 0.2) is 23.4 Å². The summed E-state index contributed by atoms with van der Waals surface area (Å²) in [6.45, 7) is 1.79. The summed E-state index contributed by atoms with van der Waals surface area (Å²) < 4.78 is 20.8. The third-order valence-corrected chi connectivity index (χ3v) is 2.49. The minimum atomic E-state index is -0.0250. The molecule has 0 aliphatic heterocycles. The van der Waals surface area contributed by atoms with Crippen LogP contribution in [0.4, 0.5) is 0 Å². The first-order chi connectivity index (χ1) is 9.72. The van der Waals surface area contributed by atoms with Gasteiger partial charge >= 0.3 is 0 Å². The Bertz CT molecular complexity index is 437. The van der Waals surface area contributed by atoms with Crippen LogP contribution < -0.4 is 15.2 Å². The van der Waals surface area contributed by atoms with E-state index in [1.54, 1.807) is 32.4 Å². The molecule has 1 rings (SSSR count). The van der Waals surface area contributed by atoms with Crippen LogP contribution in [0.3, 0.4) is 0 Å². The molecule has 20 heavy (non-hydrogen) atoms. The van der Waals surface area contributed by atoms with Gasteiger partial charge in [-0.05, 0) is 12.1 Å². The molecule has 0 radical (unpaired) electrons. The molecule has 7 heteroatoms. The van der Waals surface area contributed by atoms with E-state index in [1.165, 1.54) is 0 Å². The Kier molecular flexibility index (Phi) is 7.23. The predicted octanol–water partition coefficient (Wildman–Crippen LogP) is 0.832. The van der Waals surface area contributed by atoms with Crippen molar-refractivity contribution in [3.8, 4) is 11.5 Å². The van der Waals surface area contributed by atoms with Crippen molar-refractivity contribution in [1.29, 1.82) is 0 Å². The van der Waals surface area contributed by atoms with E-state index in [0.717, 1.165) is 0 Å². The summed E-state index contributed by atoms with van der Waals surface area (Å²) in [5, 5.41) is 11.7. The molecule has 0 amide bonds. The van der Waals surface area contributed by atoms with Crippen LogP contribution in [-0.2, 0) is 9.47 Å². The maximum Gasteiger partial charge on any atom is 0.173 e. The average molecular weight is 284 g/mol. The second-order valence-electron chi connectivity index (χ2n) is 3.80. The van der Waals surface area contributed by atoms with Gasteiger partial charge in [0, 0.05) is 13.2 Å². The molecule has 0 atom stereocenters. The summed E-state index contributed by atoms with van der Waals surface area (Å²) in [7, 11) is 3.16. The number of ether oxygens (including phenoxy) is 4. The highest BCUT2D eigenvalue weighted by Crippen LogP contribution is 2.24. The standard InChI is InChI=1S/C13H20N2O5/c1-17-5-6-19-7-8-20-12-9-10(18-2)3-4-11(12)13(14)15-16/h3-4,9,16H,5-8H2,1-2H3,(H2,14,15). The summed E-state index contributed by atoms with van der Waals surface area (Å²) in [5.74, 6) is 1.06. The van der Waals surface area contributed by atoms with Crippen molar-refractivity contribution in [2.45, 2.75) is 0 Å². The summed E-state index contributed by atoms with van der Waals surface area (Å²) in [6.07, 6.45) is 0. The highest BCUT2D eigenvalue weighted by molar-refractivity contribution is 5.99. The molecule has 0 aliphatic carbocycles. The van der Waals surface area contributed by atoms with E-state index in [2.05, 4.69) is 5.16 Å². The molecule has 1 aromatic carbocycles. The molecule has 0 heterocycles. The van der Waals surface area contributed by atoms with Crippen molar-refractivity contribution >= 4 is 5.84 Å². The Morgan fingerprint density at radius 2 is 1.95 bits per heavy atom. The summed E-state index contributed by atoms with van der Waals surface area (Å²) in [5.41, 5.74) is 6.08. The first-order valence-electron chi connectivity index (χ1n) is 6.08. The van der Waals surface area contributed by atoms with Gasteiger partial charge in [-0.1, -0.05) is 5.16 Å². The first-order valence-corrected chi connectivity index (χ1v) is 6.08. The van der Waals surface area contributed by atoms with Crippen LogP contribution in [0.5, 0.6) is 11.5 Å². The summed E-state index contributed by atoms with van der Waals surface area (Å²) in [6, 6.07) is 5.03. The van der Waals surface area contributed by atoms with Gasteiger partial charge in [-0.2, -0.15) is 0 Å². The molecule has 1 aromatic rings. The number of methoxy groups -OCH3 is 2. The lowest BCUT2D eigenvalue weighted by molar-refractivity contribution is 0.0543. The van der Waals surface area contributed by atoms with Crippen molar-refractivity contribution in [1.82, 2.24) is 0 Å². The van der Waals surface area contributed by atoms with Gasteiger partial charge in [0.1, 0.15) is 18.1 Å². The highest BCUT2D eigenvalue weighted by atomic mass is 16.5. The van der Waals surface area contributed by atoms with Gasteiger partial charge in [0.25, 0.3) is 0 Å². The van der Waals surface area contributed by atoms with Gasteiger partial charge < -0.3 is 29.9 Å². The number of rotatable bonds is 9. The van der Waals surface area contributed by atoms with Gasteiger partial charge in [-0.25, -0.2) is 0 Å². The molecule has 0 bridgehead atoms. The number of hydrogen-bond acceptors (Lipinski definition) is 6. The van der Waals surface area contributed by atoms with Crippen LogP contribution in [-0.4, -0.2) is 51.7 Å². The minimum Gasteiger partial charge on any atom is -0.497 e. The number of nitrogens with zero attached hydrogens (tertiary/aromatic N) is 1. The molecule has 0 aliphatic rings. The first kappa shape index (κ1) is 16.1. The van der Waals surface area contributed by atoms with Crippen LogP contribution in [0.2, 0.25) is 0 Å². The second kappa shape index (κ2) is 9.00. The Labute approximate surface area is 117 Å². The van der Waals surface area contributed by atoms with Gasteiger partial charge in [-0.15, -0.1) is 0 Å². The van der Waals surface area contributed by atoms with E-state index in [1.807, 2.05) is 0 Å². The summed E-state index contributed by atoms with van der Waals surface area (Å²) in [4.78, 5) is 0. The maximum atomic E-state index is 8.75. The Hall–Kier alpha value is -1.99. The molecule has 3 N–H and O–H groups in total. The third-order valence-electron chi connectivity index (χ3n) is 2.49. The molecular weight excluding hydrogens is 264 g/mol. The van der Waals surface area contributed by atoms with E-state index in [-0.39, 0.29) is 5.84 Å². The van der Waals surface area contributed by atoms with E-state index >= 15 is 0 Å². The van der Waals surface area contributed by atoms with E-state index in [9.17, 15) is 0 Å². The second-order valence-corrected chi connectivity index (χ2v) is 3.80. The Morgan fingerprint density at radius 3 is 2.60 bits per heavy atom. The van der Waals surface area contributed by atoms with Gasteiger partial charge in [0.05, 0.1) is 32.5 Å².